The van der Waals surface area contributed by atoms with E-state index in [-0.39, 0.29) is 5.82 Å². The maximum Gasteiger partial charge on any atom is 0.125 e. The van der Waals surface area contributed by atoms with Gasteiger partial charge >= 0.3 is 0 Å². The average Bonchev–Trinajstić information content (AvgIpc) is 3.06. The largest absolute Gasteiger partial charge is 0.371 e. The first kappa shape index (κ1) is 11.8. The quantitative estimate of drug-likeness (QED) is 0.771. The molecule has 0 aromatic heterocycles. The molecule has 1 fully saturated rings. The first-order valence-electron chi connectivity index (χ1n) is 5.80. The Morgan fingerprint density at radius 1 is 1.44 bits per heavy atom. The van der Waals surface area contributed by atoms with Gasteiger partial charge in [-0.05, 0) is 49.1 Å². The maximum absolute atomic E-state index is 13.2. The summed E-state index contributed by atoms with van der Waals surface area (Å²) in [7, 11) is 0. The predicted molar refractivity (Wildman–Crippen MR) is 69.8 cm³/mol. The van der Waals surface area contributed by atoms with Gasteiger partial charge in [0.1, 0.15) is 5.82 Å². The van der Waals surface area contributed by atoms with Gasteiger partial charge in [0, 0.05) is 18.8 Å². The molecule has 1 aromatic carbocycles. The second-order valence-corrected chi connectivity index (χ2v) is 4.97. The predicted octanol–water partition coefficient (Wildman–Crippen LogP) is 3.36. The monoisotopic (exact) mass is 239 g/mol. The van der Waals surface area contributed by atoms with Gasteiger partial charge in [-0.2, -0.15) is 12.6 Å². The van der Waals surface area contributed by atoms with Crippen LogP contribution in [0.15, 0.2) is 24.3 Å². The van der Waals surface area contributed by atoms with Gasteiger partial charge in [0.05, 0.1) is 0 Å². The summed E-state index contributed by atoms with van der Waals surface area (Å²) < 4.78 is 13.2. The molecule has 88 valence electrons. The fraction of sp³-hybridized carbons (Fsp3) is 0.538. The van der Waals surface area contributed by atoms with E-state index in [0.717, 1.165) is 24.5 Å². The van der Waals surface area contributed by atoms with Crippen LogP contribution in [0.2, 0.25) is 0 Å². The summed E-state index contributed by atoms with van der Waals surface area (Å²) in [5.41, 5.74) is 1.36. The number of halogens is 1. The second kappa shape index (κ2) is 4.66. The Hall–Kier alpha value is -0.700. The van der Waals surface area contributed by atoms with Gasteiger partial charge < -0.3 is 4.90 Å². The molecule has 0 N–H and O–H groups in total. The lowest BCUT2D eigenvalue weighted by Crippen LogP contribution is -2.31. The van der Waals surface area contributed by atoms with Gasteiger partial charge in [0.25, 0.3) is 0 Å². The van der Waals surface area contributed by atoms with Crippen LogP contribution in [-0.2, 0) is 0 Å². The Bertz CT molecular complexity index is 363. The molecule has 0 bridgehead atoms. The van der Waals surface area contributed by atoms with Gasteiger partial charge in [-0.25, -0.2) is 4.39 Å². The minimum absolute atomic E-state index is 0.160. The van der Waals surface area contributed by atoms with Crippen molar-refractivity contribution in [2.75, 3.05) is 23.7 Å². The summed E-state index contributed by atoms with van der Waals surface area (Å²) in [6.45, 7) is 4.02. The van der Waals surface area contributed by atoms with Crippen molar-refractivity contribution in [1.82, 2.24) is 0 Å². The van der Waals surface area contributed by atoms with Crippen molar-refractivity contribution in [3.8, 4) is 0 Å². The van der Waals surface area contributed by atoms with Crippen LogP contribution in [0.4, 0.5) is 10.1 Å². The zero-order valence-electron chi connectivity index (χ0n) is 9.62. The molecule has 0 radical (unpaired) electrons. The SMILES string of the molecule is CCN(CC1(CS)CC1)c1cccc(F)c1. The molecule has 1 aliphatic rings. The lowest BCUT2D eigenvalue weighted by molar-refractivity contribution is 0.563. The standard InChI is InChI=1S/C13H18FNS/c1-2-15(9-13(10-16)6-7-13)12-5-3-4-11(14)8-12/h3-5,8,16H,2,6-7,9-10H2,1H3. The van der Waals surface area contributed by atoms with Crippen LogP contribution in [0.25, 0.3) is 0 Å². The Morgan fingerprint density at radius 3 is 2.69 bits per heavy atom. The lowest BCUT2D eigenvalue weighted by atomic mass is 10.1. The molecule has 0 saturated heterocycles. The van der Waals surface area contributed by atoms with Crippen LogP contribution in [0.3, 0.4) is 0 Å². The first-order valence-corrected chi connectivity index (χ1v) is 6.44. The number of hydrogen-bond acceptors (Lipinski definition) is 2. The first-order chi connectivity index (χ1) is 7.69. The average molecular weight is 239 g/mol. The van der Waals surface area contributed by atoms with Crippen LogP contribution >= 0.6 is 12.6 Å². The topological polar surface area (TPSA) is 3.24 Å². The van der Waals surface area contributed by atoms with Gasteiger partial charge in [0.2, 0.25) is 0 Å². The summed E-state index contributed by atoms with van der Waals surface area (Å²) in [5, 5.41) is 0. The van der Waals surface area contributed by atoms with E-state index < -0.39 is 0 Å². The summed E-state index contributed by atoms with van der Waals surface area (Å²) >= 11 is 4.41. The zero-order valence-corrected chi connectivity index (χ0v) is 10.5. The fourth-order valence-corrected chi connectivity index (χ4v) is 2.42. The van der Waals surface area contributed by atoms with Crippen molar-refractivity contribution < 1.29 is 4.39 Å². The van der Waals surface area contributed by atoms with Crippen LogP contribution < -0.4 is 4.90 Å². The highest BCUT2D eigenvalue weighted by Gasteiger charge is 2.42. The summed E-state index contributed by atoms with van der Waals surface area (Å²) in [6, 6.07) is 6.84. The summed E-state index contributed by atoms with van der Waals surface area (Å²) in [6.07, 6.45) is 2.50. The van der Waals surface area contributed by atoms with E-state index in [1.807, 2.05) is 6.07 Å². The van der Waals surface area contributed by atoms with E-state index in [1.54, 1.807) is 12.1 Å². The Balaban J connectivity index is 2.10. The molecule has 0 heterocycles. The zero-order chi connectivity index (χ0) is 11.6. The lowest BCUT2D eigenvalue weighted by Gasteiger charge is -2.27. The van der Waals surface area contributed by atoms with Gasteiger partial charge in [-0.15, -0.1) is 0 Å². The van der Waals surface area contributed by atoms with Crippen molar-refractivity contribution in [1.29, 1.82) is 0 Å². The second-order valence-electron chi connectivity index (χ2n) is 4.65. The Kier molecular flexibility index (Phi) is 3.43. The van der Waals surface area contributed by atoms with E-state index in [2.05, 4.69) is 24.5 Å². The van der Waals surface area contributed by atoms with Gasteiger partial charge in [-0.3, -0.25) is 0 Å². The molecule has 3 heteroatoms. The minimum Gasteiger partial charge on any atom is -0.371 e. The molecular formula is C13H18FNS. The number of nitrogens with zero attached hydrogens (tertiary/aromatic N) is 1. The highest BCUT2D eigenvalue weighted by Crippen LogP contribution is 2.47. The van der Waals surface area contributed by atoms with Crippen molar-refractivity contribution >= 4 is 18.3 Å². The Labute approximate surface area is 102 Å². The van der Waals surface area contributed by atoms with E-state index in [0.29, 0.717) is 5.41 Å². The molecule has 0 amide bonds. The number of anilines is 1. The third kappa shape index (κ3) is 2.51. The molecule has 2 rings (SSSR count). The molecule has 0 aliphatic heterocycles. The van der Waals surface area contributed by atoms with Crippen molar-refractivity contribution in [3.05, 3.63) is 30.1 Å². The van der Waals surface area contributed by atoms with Crippen LogP contribution in [-0.4, -0.2) is 18.8 Å². The molecule has 1 saturated carbocycles. The molecule has 16 heavy (non-hydrogen) atoms. The van der Waals surface area contributed by atoms with Gasteiger partial charge in [0.15, 0.2) is 0 Å². The molecular weight excluding hydrogens is 221 g/mol. The number of benzene rings is 1. The van der Waals surface area contributed by atoms with Crippen LogP contribution in [0.1, 0.15) is 19.8 Å². The van der Waals surface area contributed by atoms with Crippen LogP contribution in [0, 0.1) is 11.2 Å². The van der Waals surface area contributed by atoms with Crippen molar-refractivity contribution in [2.24, 2.45) is 5.41 Å². The van der Waals surface area contributed by atoms with Crippen molar-refractivity contribution in [3.63, 3.8) is 0 Å². The van der Waals surface area contributed by atoms with Crippen LogP contribution in [0.5, 0.6) is 0 Å². The summed E-state index contributed by atoms with van der Waals surface area (Å²) in [5.74, 6) is 0.769. The molecule has 1 aromatic rings. The third-order valence-electron chi connectivity index (χ3n) is 3.37. The number of rotatable bonds is 5. The van der Waals surface area contributed by atoms with Crippen molar-refractivity contribution in [2.45, 2.75) is 19.8 Å². The third-order valence-corrected chi connectivity index (χ3v) is 4.04. The molecule has 1 aliphatic carbocycles. The Morgan fingerprint density at radius 2 is 2.19 bits per heavy atom. The minimum atomic E-state index is -0.160. The highest BCUT2D eigenvalue weighted by atomic mass is 32.1. The van der Waals surface area contributed by atoms with E-state index in [1.165, 1.54) is 18.9 Å². The molecule has 1 nitrogen and oxygen atoms in total. The fourth-order valence-electron chi connectivity index (χ4n) is 2.01. The van der Waals surface area contributed by atoms with E-state index >= 15 is 0 Å². The number of hydrogen-bond donors (Lipinski definition) is 1. The normalized spacial score (nSPS) is 17.2. The van der Waals surface area contributed by atoms with E-state index in [9.17, 15) is 4.39 Å². The number of thiol groups is 1. The van der Waals surface area contributed by atoms with Gasteiger partial charge in [-0.1, -0.05) is 6.07 Å². The maximum atomic E-state index is 13.2. The molecule has 0 atom stereocenters. The molecule has 0 unspecified atom stereocenters. The molecule has 0 spiro atoms. The smallest absolute Gasteiger partial charge is 0.125 e. The summed E-state index contributed by atoms with van der Waals surface area (Å²) in [4.78, 5) is 2.24. The highest BCUT2D eigenvalue weighted by molar-refractivity contribution is 7.80. The van der Waals surface area contributed by atoms with E-state index in [4.69, 9.17) is 0 Å².